The SMILES string of the molecule is CC1CN(C(C(=O)NCC2CNC2)C(C)C)CC(C)O1. The summed E-state index contributed by atoms with van der Waals surface area (Å²) in [7, 11) is 0. The number of ether oxygens (including phenoxy) is 1. The van der Waals surface area contributed by atoms with Crippen LogP contribution >= 0.6 is 0 Å². The zero-order chi connectivity index (χ0) is 14.7. The lowest BCUT2D eigenvalue weighted by atomic mass is 9.98. The predicted octanol–water partition coefficient (Wildman–Crippen LogP) is 0.456. The normalized spacial score (nSPS) is 30.1. The highest BCUT2D eigenvalue weighted by Crippen LogP contribution is 2.18. The first-order valence-corrected chi connectivity index (χ1v) is 7.85. The Hall–Kier alpha value is -0.650. The predicted molar refractivity (Wildman–Crippen MR) is 79.6 cm³/mol. The zero-order valence-electron chi connectivity index (χ0n) is 13.2. The van der Waals surface area contributed by atoms with Crippen molar-refractivity contribution in [3.63, 3.8) is 0 Å². The Morgan fingerprint density at radius 1 is 1.30 bits per heavy atom. The van der Waals surface area contributed by atoms with Crippen LogP contribution in [0, 0.1) is 11.8 Å². The molecule has 2 heterocycles. The van der Waals surface area contributed by atoms with Gasteiger partial charge in [0.1, 0.15) is 0 Å². The molecule has 0 radical (unpaired) electrons. The van der Waals surface area contributed by atoms with Crippen molar-refractivity contribution in [3.05, 3.63) is 0 Å². The van der Waals surface area contributed by atoms with Crippen LogP contribution in [0.3, 0.4) is 0 Å². The van der Waals surface area contributed by atoms with Crippen LogP contribution in [-0.4, -0.2) is 61.8 Å². The summed E-state index contributed by atoms with van der Waals surface area (Å²) >= 11 is 0. The number of nitrogens with one attached hydrogen (secondary N) is 2. The monoisotopic (exact) mass is 283 g/mol. The van der Waals surface area contributed by atoms with E-state index in [1.807, 2.05) is 0 Å². The van der Waals surface area contributed by atoms with E-state index in [1.165, 1.54) is 0 Å². The second kappa shape index (κ2) is 6.87. The number of carbonyl (C=O) groups is 1. The summed E-state index contributed by atoms with van der Waals surface area (Å²) in [6.45, 7) is 12.9. The molecule has 0 aromatic heterocycles. The Labute approximate surface area is 122 Å². The summed E-state index contributed by atoms with van der Waals surface area (Å²) in [4.78, 5) is 14.8. The number of rotatable bonds is 5. The van der Waals surface area contributed by atoms with Crippen LogP contribution in [0.1, 0.15) is 27.7 Å². The Balaban J connectivity index is 1.92. The van der Waals surface area contributed by atoms with Crippen molar-refractivity contribution in [1.82, 2.24) is 15.5 Å². The van der Waals surface area contributed by atoms with Crippen LogP contribution in [0.2, 0.25) is 0 Å². The first-order chi connectivity index (χ1) is 9.47. The van der Waals surface area contributed by atoms with Gasteiger partial charge in [-0.15, -0.1) is 0 Å². The molecule has 1 amide bonds. The minimum absolute atomic E-state index is 0.0446. The third-order valence-corrected chi connectivity index (χ3v) is 4.17. The topological polar surface area (TPSA) is 53.6 Å². The maximum absolute atomic E-state index is 12.5. The molecule has 5 nitrogen and oxygen atoms in total. The largest absolute Gasteiger partial charge is 0.373 e. The average Bonchev–Trinajstić information content (AvgIpc) is 2.24. The molecule has 0 aliphatic carbocycles. The maximum Gasteiger partial charge on any atom is 0.237 e. The second-order valence-electron chi connectivity index (χ2n) is 6.67. The van der Waals surface area contributed by atoms with Crippen molar-refractivity contribution in [2.24, 2.45) is 11.8 Å². The summed E-state index contributed by atoms with van der Waals surface area (Å²) in [5, 5.41) is 6.37. The number of carbonyl (C=O) groups excluding carboxylic acids is 1. The van der Waals surface area contributed by atoms with Crippen molar-refractivity contribution in [1.29, 1.82) is 0 Å². The second-order valence-corrected chi connectivity index (χ2v) is 6.67. The molecule has 3 unspecified atom stereocenters. The number of hydrogen-bond acceptors (Lipinski definition) is 4. The first-order valence-electron chi connectivity index (χ1n) is 7.85. The standard InChI is InChI=1S/C15H29N3O2/c1-10(2)14(15(19)17-7-13-5-16-6-13)18-8-11(3)20-12(4)9-18/h10-14,16H,5-9H2,1-4H3,(H,17,19). The molecule has 2 aliphatic heterocycles. The van der Waals surface area contributed by atoms with E-state index < -0.39 is 0 Å². The van der Waals surface area contributed by atoms with Crippen molar-refractivity contribution < 1.29 is 9.53 Å². The van der Waals surface area contributed by atoms with E-state index in [0.717, 1.165) is 32.7 Å². The van der Waals surface area contributed by atoms with Crippen molar-refractivity contribution in [2.75, 3.05) is 32.7 Å². The van der Waals surface area contributed by atoms with E-state index in [4.69, 9.17) is 4.74 Å². The molecule has 3 atom stereocenters. The molecule has 2 fully saturated rings. The summed E-state index contributed by atoms with van der Waals surface area (Å²) in [5.41, 5.74) is 0. The van der Waals surface area contributed by atoms with Gasteiger partial charge in [0.2, 0.25) is 5.91 Å². The van der Waals surface area contributed by atoms with E-state index >= 15 is 0 Å². The maximum atomic E-state index is 12.5. The highest BCUT2D eigenvalue weighted by molar-refractivity contribution is 5.82. The van der Waals surface area contributed by atoms with Gasteiger partial charge in [-0.2, -0.15) is 0 Å². The lowest BCUT2D eigenvalue weighted by molar-refractivity contribution is -0.135. The van der Waals surface area contributed by atoms with Crippen LogP contribution in [0.15, 0.2) is 0 Å². The molecule has 2 saturated heterocycles. The van der Waals surface area contributed by atoms with E-state index in [2.05, 4.69) is 43.2 Å². The van der Waals surface area contributed by atoms with Crippen LogP contribution in [0.4, 0.5) is 0 Å². The molecule has 0 spiro atoms. The van der Waals surface area contributed by atoms with Crippen molar-refractivity contribution >= 4 is 5.91 Å². The van der Waals surface area contributed by atoms with Gasteiger partial charge in [0, 0.05) is 38.6 Å². The van der Waals surface area contributed by atoms with Crippen molar-refractivity contribution in [2.45, 2.75) is 45.9 Å². The Kier molecular flexibility index (Phi) is 5.41. The minimum Gasteiger partial charge on any atom is -0.373 e. The fourth-order valence-corrected chi connectivity index (χ4v) is 3.18. The Morgan fingerprint density at radius 2 is 1.90 bits per heavy atom. The van der Waals surface area contributed by atoms with Gasteiger partial charge >= 0.3 is 0 Å². The lowest BCUT2D eigenvalue weighted by Crippen LogP contribution is -2.58. The highest BCUT2D eigenvalue weighted by atomic mass is 16.5. The number of amides is 1. The molecule has 0 aromatic rings. The fourth-order valence-electron chi connectivity index (χ4n) is 3.18. The molecular formula is C15H29N3O2. The minimum atomic E-state index is -0.0446. The summed E-state index contributed by atoms with van der Waals surface area (Å²) in [5.74, 6) is 1.09. The van der Waals surface area contributed by atoms with Crippen molar-refractivity contribution in [3.8, 4) is 0 Å². The van der Waals surface area contributed by atoms with Gasteiger partial charge in [0.25, 0.3) is 0 Å². The molecule has 2 aliphatic rings. The van der Waals surface area contributed by atoms with Gasteiger partial charge in [-0.05, 0) is 19.8 Å². The quantitative estimate of drug-likeness (QED) is 0.769. The molecule has 5 heteroatoms. The molecule has 0 saturated carbocycles. The summed E-state index contributed by atoms with van der Waals surface area (Å²) in [6.07, 6.45) is 0.396. The van der Waals surface area contributed by atoms with Gasteiger partial charge in [-0.1, -0.05) is 13.8 Å². The van der Waals surface area contributed by atoms with Crippen LogP contribution in [-0.2, 0) is 9.53 Å². The zero-order valence-corrected chi connectivity index (χ0v) is 13.2. The molecule has 116 valence electrons. The van der Waals surface area contributed by atoms with Gasteiger partial charge in [-0.25, -0.2) is 0 Å². The van der Waals surface area contributed by atoms with Gasteiger partial charge < -0.3 is 15.4 Å². The molecule has 0 aromatic carbocycles. The van der Waals surface area contributed by atoms with E-state index in [9.17, 15) is 4.79 Å². The average molecular weight is 283 g/mol. The van der Waals surface area contributed by atoms with Crippen LogP contribution in [0.25, 0.3) is 0 Å². The smallest absolute Gasteiger partial charge is 0.237 e. The number of nitrogens with zero attached hydrogens (tertiary/aromatic N) is 1. The molecule has 2 N–H and O–H groups in total. The molecule has 20 heavy (non-hydrogen) atoms. The first kappa shape index (κ1) is 15.7. The molecular weight excluding hydrogens is 254 g/mol. The Morgan fingerprint density at radius 3 is 2.35 bits per heavy atom. The van der Waals surface area contributed by atoms with E-state index in [1.54, 1.807) is 0 Å². The van der Waals surface area contributed by atoms with E-state index in [-0.39, 0.29) is 24.2 Å². The lowest BCUT2D eigenvalue weighted by Gasteiger charge is -2.41. The third-order valence-electron chi connectivity index (χ3n) is 4.17. The fraction of sp³-hybridized carbons (Fsp3) is 0.933. The highest BCUT2D eigenvalue weighted by Gasteiger charge is 2.34. The number of hydrogen-bond donors (Lipinski definition) is 2. The van der Waals surface area contributed by atoms with Crippen LogP contribution < -0.4 is 10.6 Å². The van der Waals surface area contributed by atoms with Gasteiger partial charge in [-0.3, -0.25) is 9.69 Å². The van der Waals surface area contributed by atoms with E-state index in [0.29, 0.717) is 11.8 Å². The third kappa shape index (κ3) is 3.93. The molecule has 0 bridgehead atoms. The van der Waals surface area contributed by atoms with Crippen LogP contribution in [0.5, 0.6) is 0 Å². The summed E-state index contributed by atoms with van der Waals surface area (Å²) in [6, 6.07) is -0.0446. The number of morpholine rings is 1. The van der Waals surface area contributed by atoms with Gasteiger partial charge in [0.15, 0.2) is 0 Å². The summed E-state index contributed by atoms with van der Waals surface area (Å²) < 4.78 is 5.77. The molecule has 2 rings (SSSR count). The Bertz CT molecular complexity index is 321. The van der Waals surface area contributed by atoms with Gasteiger partial charge in [0.05, 0.1) is 18.2 Å².